The van der Waals surface area contributed by atoms with Gasteiger partial charge < -0.3 is 9.80 Å². The molecule has 1 aliphatic rings. The second-order valence-corrected chi connectivity index (χ2v) is 6.51. The molecule has 6 heteroatoms. The van der Waals surface area contributed by atoms with Gasteiger partial charge in [0.2, 0.25) is 11.8 Å². The normalized spacial score (nSPS) is 19.5. The lowest BCUT2D eigenvalue weighted by atomic mass is 9.93. The Hall–Kier alpha value is -1.98. The topological polar surface area (TPSA) is 40.6 Å². The zero-order chi connectivity index (χ0) is 16.7. The molecule has 1 atom stereocenters. The van der Waals surface area contributed by atoms with E-state index in [1.807, 2.05) is 0 Å². The monoisotopic (exact) mass is 310 g/mol. The van der Waals surface area contributed by atoms with E-state index >= 15 is 0 Å². The summed E-state index contributed by atoms with van der Waals surface area (Å²) in [6.45, 7) is 7.50. The fraction of sp³-hybridized carbons (Fsp3) is 0.500. The SMILES string of the molecule is CC1C(=O)N(c2ccc(F)cc2F)CCN1C(=O)C(C)(C)C. The number of hydrogen-bond donors (Lipinski definition) is 0. The first-order chi connectivity index (χ1) is 10.1. The van der Waals surface area contributed by atoms with Crippen LogP contribution in [0.4, 0.5) is 14.5 Å². The molecular weight excluding hydrogens is 290 g/mol. The molecular formula is C16H20F2N2O2. The highest BCUT2D eigenvalue weighted by molar-refractivity contribution is 6.00. The van der Waals surface area contributed by atoms with E-state index < -0.39 is 23.1 Å². The predicted octanol–water partition coefficient (Wildman–Crippen LogP) is 2.57. The van der Waals surface area contributed by atoms with E-state index in [2.05, 4.69) is 0 Å². The first kappa shape index (κ1) is 16.4. The number of nitrogens with zero attached hydrogens (tertiary/aromatic N) is 2. The van der Waals surface area contributed by atoms with Gasteiger partial charge in [-0.15, -0.1) is 0 Å². The Morgan fingerprint density at radius 1 is 1.23 bits per heavy atom. The van der Waals surface area contributed by atoms with Crippen LogP contribution in [0.25, 0.3) is 0 Å². The van der Waals surface area contributed by atoms with Crippen LogP contribution >= 0.6 is 0 Å². The third kappa shape index (κ3) is 2.96. The van der Waals surface area contributed by atoms with Gasteiger partial charge >= 0.3 is 0 Å². The second kappa shape index (κ2) is 5.66. The van der Waals surface area contributed by atoms with E-state index in [-0.39, 0.29) is 24.0 Å². The van der Waals surface area contributed by atoms with Crippen molar-refractivity contribution in [2.45, 2.75) is 33.7 Å². The Morgan fingerprint density at radius 2 is 1.86 bits per heavy atom. The Labute approximate surface area is 128 Å². The van der Waals surface area contributed by atoms with Crippen LogP contribution in [0, 0.1) is 17.0 Å². The van der Waals surface area contributed by atoms with E-state index in [4.69, 9.17) is 0 Å². The largest absolute Gasteiger partial charge is 0.329 e. The second-order valence-electron chi connectivity index (χ2n) is 6.51. The maximum Gasteiger partial charge on any atom is 0.249 e. The van der Waals surface area contributed by atoms with Gasteiger partial charge in [0.05, 0.1) is 5.69 Å². The fourth-order valence-corrected chi connectivity index (χ4v) is 2.52. The molecule has 22 heavy (non-hydrogen) atoms. The molecule has 0 N–H and O–H groups in total. The lowest BCUT2D eigenvalue weighted by Crippen LogP contribution is -2.59. The molecule has 1 unspecified atom stereocenters. The van der Waals surface area contributed by atoms with Gasteiger partial charge in [0.25, 0.3) is 0 Å². The lowest BCUT2D eigenvalue weighted by molar-refractivity contribution is -0.147. The Bertz CT molecular complexity index is 611. The summed E-state index contributed by atoms with van der Waals surface area (Å²) >= 11 is 0. The standard InChI is InChI=1S/C16H20F2N2O2/c1-10-14(21)20(13-6-5-11(17)9-12(13)18)8-7-19(10)15(22)16(2,3)4/h5-6,9-10H,7-8H2,1-4H3. The summed E-state index contributed by atoms with van der Waals surface area (Å²) in [5.74, 6) is -1.96. The Kier molecular flexibility index (Phi) is 4.22. The maximum atomic E-state index is 13.9. The van der Waals surface area contributed by atoms with Gasteiger partial charge in [-0.1, -0.05) is 20.8 Å². The van der Waals surface area contributed by atoms with Crippen molar-refractivity contribution < 1.29 is 18.4 Å². The highest BCUT2D eigenvalue weighted by Crippen LogP contribution is 2.27. The molecule has 0 saturated carbocycles. The zero-order valence-electron chi connectivity index (χ0n) is 13.2. The number of carbonyl (C=O) groups excluding carboxylic acids is 2. The summed E-state index contributed by atoms with van der Waals surface area (Å²) in [4.78, 5) is 27.6. The van der Waals surface area contributed by atoms with E-state index in [1.54, 1.807) is 27.7 Å². The number of halogens is 2. The molecule has 1 aromatic carbocycles. The minimum Gasteiger partial charge on any atom is -0.329 e. The molecule has 0 spiro atoms. The molecule has 1 saturated heterocycles. The highest BCUT2D eigenvalue weighted by Gasteiger charge is 2.39. The molecule has 1 fully saturated rings. The molecule has 0 radical (unpaired) electrons. The first-order valence-electron chi connectivity index (χ1n) is 7.20. The minimum atomic E-state index is -0.781. The molecule has 0 aliphatic carbocycles. The average Bonchev–Trinajstić information content (AvgIpc) is 2.41. The van der Waals surface area contributed by atoms with Crippen LogP contribution in [0.3, 0.4) is 0 Å². The van der Waals surface area contributed by atoms with Gasteiger partial charge in [0.1, 0.15) is 17.7 Å². The summed E-state index contributed by atoms with van der Waals surface area (Å²) < 4.78 is 26.9. The molecule has 1 heterocycles. The van der Waals surface area contributed by atoms with Crippen molar-refractivity contribution in [2.24, 2.45) is 5.41 Å². The number of benzene rings is 1. The quantitative estimate of drug-likeness (QED) is 0.800. The summed E-state index contributed by atoms with van der Waals surface area (Å²) in [6, 6.07) is 2.43. The molecule has 2 amide bonds. The van der Waals surface area contributed by atoms with Crippen LogP contribution in [0.15, 0.2) is 18.2 Å². The van der Waals surface area contributed by atoms with Crippen LogP contribution in [0.2, 0.25) is 0 Å². The van der Waals surface area contributed by atoms with Crippen molar-refractivity contribution in [3.05, 3.63) is 29.8 Å². The molecule has 0 aromatic heterocycles. The number of anilines is 1. The third-order valence-corrected chi connectivity index (χ3v) is 3.76. The predicted molar refractivity (Wildman–Crippen MR) is 79.3 cm³/mol. The summed E-state index contributed by atoms with van der Waals surface area (Å²) in [7, 11) is 0. The van der Waals surface area contributed by atoms with Crippen LogP contribution < -0.4 is 4.90 Å². The molecule has 120 valence electrons. The van der Waals surface area contributed by atoms with E-state index in [0.29, 0.717) is 6.54 Å². The third-order valence-electron chi connectivity index (χ3n) is 3.76. The molecule has 1 aromatic rings. The minimum absolute atomic E-state index is 0.0427. The van der Waals surface area contributed by atoms with Crippen molar-refractivity contribution in [1.29, 1.82) is 0 Å². The number of carbonyl (C=O) groups is 2. The summed E-state index contributed by atoms with van der Waals surface area (Å²) in [6.07, 6.45) is 0. The maximum absolute atomic E-state index is 13.9. The van der Waals surface area contributed by atoms with Crippen molar-refractivity contribution in [3.8, 4) is 0 Å². The van der Waals surface area contributed by atoms with Crippen LogP contribution in [-0.2, 0) is 9.59 Å². The summed E-state index contributed by atoms with van der Waals surface area (Å²) in [5, 5.41) is 0. The van der Waals surface area contributed by atoms with E-state index in [9.17, 15) is 18.4 Å². The van der Waals surface area contributed by atoms with Gasteiger partial charge in [-0.05, 0) is 19.1 Å². The first-order valence-corrected chi connectivity index (χ1v) is 7.20. The summed E-state index contributed by atoms with van der Waals surface area (Å²) in [5.41, 5.74) is -0.543. The Morgan fingerprint density at radius 3 is 2.41 bits per heavy atom. The number of piperazine rings is 1. The Balaban J connectivity index is 2.25. The molecule has 0 bridgehead atoms. The van der Waals surface area contributed by atoms with Gasteiger partial charge in [0, 0.05) is 24.6 Å². The van der Waals surface area contributed by atoms with E-state index in [1.165, 1.54) is 15.9 Å². The van der Waals surface area contributed by atoms with Crippen LogP contribution in [-0.4, -0.2) is 35.8 Å². The van der Waals surface area contributed by atoms with Crippen molar-refractivity contribution in [1.82, 2.24) is 4.90 Å². The van der Waals surface area contributed by atoms with E-state index in [0.717, 1.165) is 12.1 Å². The number of amides is 2. The van der Waals surface area contributed by atoms with Gasteiger partial charge in [-0.25, -0.2) is 8.78 Å². The zero-order valence-corrected chi connectivity index (χ0v) is 13.2. The molecule has 2 rings (SSSR count). The average molecular weight is 310 g/mol. The van der Waals surface area contributed by atoms with Crippen molar-refractivity contribution in [3.63, 3.8) is 0 Å². The van der Waals surface area contributed by atoms with Crippen LogP contribution in [0.1, 0.15) is 27.7 Å². The smallest absolute Gasteiger partial charge is 0.249 e. The number of rotatable bonds is 1. The molecule has 1 aliphatic heterocycles. The van der Waals surface area contributed by atoms with Gasteiger partial charge in [-0.3, -0.25) is 9.59 Å². The van der Waals surface area contributed by atoms with Gasteiger partial charge in [0.15, 0.2) is 0 Å². The highest BCUT2D eigenvalue weighted by atomic mass is 19.1. The van der Waals surface area contributed by atoms with Crippen molar-refractivity contribution in [2.75, 3.05) is 18.0 Å². The number of hydrogen-bond acceptors (Lipinski definition) is 2. The van der Waals surface area contributed by atoms with Gasteiger partial charge in [-0.2, -0.15) is 0 Å². The fourth-order valence-electron chi connectivity index (χ4n) is 2.52. The molecule has 4 nitrogen and oxygen atoms in total. The van der Waals surface area contributed by atoms with Crippen molar-refractivity contribution >= 4 is 17.5 Å². The lowest BCUT2D eigenvalue weighted by Gasteiger charge is -2.41. The van der Waals surface area contributed by atoms with Crippen LogP contribution in [0.5, 0.6) is 0 Å².